The van der Waals surface area contributed by atoms with Gasteiger partial charge in [0.05, 0.1) is 60.4 Å². The molecule has 12 heteroatoms. The highest BCUT2D eigenvalue weighted by molar-refractivity contribution is 6.37. The van der Waals surface area contributed by atoms with Crippen molar-refractivity contribution in [2.24, 2.45) is 43.3 Å². The van der Waals surface area contributed by atoms with Gasteiger partial charge < -0.3 is 0 Å². The molecule has 4 aliphatic heterocycles. The molecule has 3 aromatic rings. The molecule has 0 N–H and O–H groups in total. The standard InChI is InChI=1S/C45H44N4O8.6CH4/c1-24-11-17-27(18-12-24)47-34(54)42(6)43(7,35(47)55)45(9)37(57)49(36(56)44(42,45)8)29-21-15-26(16-22-29)23-25-13-19-28(20-14-25)48-32(52)40(4)38(2)30(50)46(10)31(51)39(38,3)41(40,5)33(48)53;;;;;;/h11-22H,23H2,1-10H3;6*1H4. The fourth-order valence-corrected chi connectivity index (χ4v) is 12.8. The van der Waals surface area contributed by atoms with Crippen LogP contribution < -0.4 is 14.7 Å². The molecule has 6 aliphatic rings. The van der Waals surface area contributed by atoms with E-state index in [0.29, 0.717) is 23.5 Å². The van der Waals surface area contributed by atoms with Gasteiger partial charge in [-0.25, -0.2) is 14.7 Å². The van der Waals surface area contributed by atoms with Crippen LogP contribution in [0.2, 0.25) is 0 Å². The predicted molar refractivity (Wildman–Crippen MR) is 247 cm³/mol. The van der Waals surface area contributed by atoms with Crippen molar-refractivity contribution in [1.29, 1.82) is 0 Å². The Hall–Kier alpha value is -5.78. The second-order valence-electron chi connectivity index (χ2n) is 18.4. The van der Waals surface area contributed by atoms with E-state index in [-0.39, 0.29) is 44.6 Å². The smallest absolute Gasteiger partial charge is 0.241 e. The van der Waals surface area contributed by atoms with Gasteiger partial charge in [0.15, 0.2) is 0 Å². The molecule has 3 aromatic carbocycles. The number of hydrogen-bond acceptors (Lipinski definition) is 8. The van der Waals surface area contributed by atoms with Gasteiger partial charge in [0.25, 0.3) is 0 Å². The molecule has 6 fully saturated rings. The molecule has 12 nitrogen and oxygen atoms in total. The van der Waals surface area contributed by atoms with Gasteiger partial charge in [-0.05, 0) is 116 Å². The van der Waals surface area contributed by atoms with E-state index in [1.165, 1.54) is 7.05 Å². The van der Waals surface area contributed by atoms with Crippen LogP contribution in [0.5, 0.6) is 0 Å². The van der Waals surface area contributed by atoms with Crippen molar-refractivity contribution in [1.82, 2.24) is 4.90 Å². The van der Waals surface area contributed by atoms with Crippen molar-refractivity contribution in [3.63, 3.8) is 0 Å². The fourth-order valence-electron chi connectivity index (χ4n) is 12.8. The van der Waals surface area contributed by atoms with Crippen LogP contribution >= 0.6 is 0 Å². The van der Waals surface area contributed by atoms with E-state index in [4.69, 9.17) is 0 Å². The van der Waals surface area contributed by atoms with Crippen molar-refractivity contribution in [3.05, 3.63) is 89.5 Å². The van der Waals surface area contributed by atoms with E-state index in [2.05, 4.69) is 0 Å². The Morgan fingerprint density at radius 2 is 0.524 bits per heavy atom. The van der Waals surface area contributed by atoms with Crippen molar-refractivity contribution in [3.8, 4) is 0 Å². The Kier molecular flexibility index (Phi) is 11.8. The summed E-state index contributed by atoms with van der Waals surface area (Å²) in [6, 6.07) is 20.9. The molecule has 9 rings (SSSR count). The zero-order chi connectivity index (χ0) is 41.6. The molecule has 0 radical (unpaired) electrons. The minimum atomic E-state index is -1.49. The zero-order valence-electron chi connectivity index (χ0n) is 33.7. The van der Waals surface area contributed by atoms with Crippen LogP contribution in [0.15, 0.2) is 72.8 Å². The Morgan fingerprint density at radius 3 is 0.746 bits per heavy atom. The van der Waals surface area contributed by atoms with Gasteiger partial charge in [-0.2, -0.15) is 0 Å². The highest BCUT2D eigenvalue weighted by Crippen LogP contribution is 2.85. The lowest BCUT2D eigenvalue weighted by Gasteiger charge is -2.67. The van der Waals surface area contributed by atoms with E-state index in [9.17, 15) is 38.4 Å². The highest BCUT2D eigenvalue weighted by atomic mass is 16.2. The summed E-state index contributed by atoms with van der Waals surface area (Å²) in [5.74, 6) is -4.00. The first-order valence-electron chi connectivity index (χ1n) is 19.2. The second kappa shape index (κ2) is 14.4. The number of amides is 8. The number of aryl methyl sites for hydroxylation is 1. The number of imide groups is 4. The first-order valence-corrected chi connectivity index (χ1v) is 19.2. The predicted octanol–water partition coefficient (Wildman–Crippen LogP) is 8.80. The van der Waals surface area contributed by atoms with Gasteiger partial charge in [-0.1, -0.05) is 86.5 Å². The Bertz CT molecular complexity index is 2410. The lowest BCUT2D eigenvalue weighted by atomic mass is 9.27. The summed E-state index contributed by atoms with van der Waals surface area (Å²) < 4.78 is 0. The summed E-state index contributed by atoms with van der Waals surface area (Å²) in [4.78, 5) is 117. The Morgan fingerprint density at radius 1 is 0.333 bits per heavy atom. The quantitative estimate of drug-likeness (QED) is 0.231. The summed E-state index contributed by atoms with van der Waals surface area (Å²) in [7, 11) is 1.40. The maximum Gasteiger partial charge on any atom is 0.241 e. The third-order valence-electron chi connectivity index (χ3n) is 17.3. The molecule has 0 bridgehead atoms. The summed E-state index contributed by atoms with van der Waals surface area (Å²) in [5, 5.41) is 0. The van der Waals surface area contributed by atoms with Gasteiger partial charge in [0, 0.05) is 7.05 Å². The monoisotopic (exact) mass is 865 g/mol. The maximum atomic E-state index is 14.5. The number of anilines is 3. The summed E-state index contributed by atoms with van der Waals surface area (Å²) >= 11 is 0. The van der Waals surface area contributed by atoms with Crippen molar-refractivity contribution >= 4 is 64.3 Å². The lowest BCUT2D eigenvalue weighted by molar-refractivity contribution is -0.243. The van der Waals surface area contributed by atoms with Gasteiger partial charge >= 0.3 is 0 Å². The van der Waals surface area contributed by atoms with Crippen molar-refractivity contribution in [2.75, 3.05) is 21.7 Å². The Labute approximate surface area is 374 Å². The minimum Gasteiger partial charge on any atom is -0.285 e. The van der Waals surface area contributed by atoms with Gasteiger partial charge in [0.2, 0.25) is 47.3 Å². The van der Waals surface area contributed by atoms with E-state index in [0.717, 1.165) is 36.3 Å². The average Bonchev–Trinajstić information content (AvgIpc) is 3.58. The van der Waals surface area contributed by atoms with Crippen LogP contribution in [0.3, 0.4) is 0 Å². The fraction of sp³-hybridized carbons (Fsp3) is 0.490. The van der Waals surface area contributed by atoms with Crippen LogP contribution in [0.25, 0.3) is 0 Å². The molecule has 4 saturated heterocycles. The molecule has 4 heterocycles. The summed E-state index contributed by atoms with van der Waals surface area (Å²) in [5.41, 5.74) is -7.76. The number of benzene rings is 3. The van der Waals surface area contributed by atoms with Crippen LogP contribution in [-0.4, -0.2) is 59.2 Å². The van der Waals surface area contributed by atoms with Crippen LogP contribution in [-0.2, 0) is 44.8 Å². The highest BCUT2D eigenvalue weighted by Gasteiger charge is 2.98. The van der Waals surface area contributed by atoms with Crippen molar-refractivity contribution < 1.29 is 38.4 Å². The minimum absolute atomic E-state index is 0. The van der Waals surface area contributed by atoms with Crippen LogP contribution in [0.4, 0.5) is 17.1 Å². The normalized spacial score (nSPS) is 35.4. The molecule has 8 unspecified atom stereocenters. The number of rotatable bonds is 5. The topological polar surface area (TPSA) is 150 Å². The second-order valence-corrected chi connectivity index (χ2v) is 18.4. The maximum absolute atomic E-state index is 14.5. The summed E-state index contributed by atoms with van der Waals surface area (Å²) in [6.07, 6.45) is 0.439. The number of fused-ring (bicyclic) bond motifs is 8. The average molecular weight is 865 g/mol. The van der Waals surface area contributed by atoms with E-state index in [1.54, 1.807) is 116 Å². The first-order chi connectivity index (χ1) is 26.5. The van der Waals surface area contributed by atoms with Crippen LogP contribution in [0, 0.1) is 50.2 Å². The lowest BCUT2D eigenvalue weighted by Crippen LogP contribution is -2.77. The molecule has 0 spiro atoms. The molecule has 2 saturated carbocycles. The number of carbonyl (C=O) groups is 8. The van der Waals surface area contributed by atoms with E-state index in [1.807, 2.05) is 19.1 Å². The summed E-state index contributed by atoms with van der Waals surface area (Å²) in [6.45, 7) is 14.9. The van der Waals surface area contributed by atoms with Crippen molar-refractivity contribution in [2.45, 2.75) is 113 Å². The molecule has 8 atom stereocenters. The molecular formula is C51H68N4O8. The van der Waals surface area contributed by atoms with Gasteiger partial charge in [-0.15, -0.1) is 0 Å². The third-order valence-corrected chi connectivity index (χ3v) is 17.3. The van der Waals surface area contributed by atoms with Gasteiger partial charge in [-0.3, -0.25) is 43.3 Å². The number of hydrogen-bond donors (Lipinski definition) is 0. The molecule has 340 valence electrons. The number of nitrogens with zero attached hydrogens (tertiary/aromatic N) is 4. The van der Waals surface area contributed by atoms with E-state index < -0.39 is 90.6 Å². The van der Waals surface area contributed by atoms with E-state index >= 15 is 0 Å². The van der Waals surface area contributed by atoms with Gasteiger partial charge in [0.1, 0.15) is 0 Å². The molecule has 2 aliphatic carbocycles. The SMILES string of the molecule is C.C.C.C.C.C.Cc1ccc(N2C(=O)C3(C)C(C)(C2=O)C2(C)C(=O)N(c4ccc(Cc5ccc(N6C(=O)C7(C)C8(C)C(=O)N(C)C(=O)C8(C)C7(C)C6=O)cc5)cc4)C(=O)C32C)cc1. The molecule has 0 aromatic heterocycles. The first kappa shape index (κ1) is 51.6. The number of carbonyl (C=O) groups excluding carboxylic acids is 8. The molecular weight excluding hydrogens is 797 g/mol. The Balaban J connectivity index is 0.00000176. The third kappa shape index (κ3) is 4.47. The van der Waals surface area contributed by atoms with Crippen LogP contribution in [0.1, 0.15) is 117 Å². The number of likely N-dealkylation sites (tertiary alicyclic amines) is 1. The zero-order valence-corrected chi connectivity index (χ0v) is 33.7. The largest absolute Gasteiger partial charge is 0.285 e. The molecule has 63 heavy (non-hydrogen) atoms. The molecule has 8 amide bonds.